The highest BCUT2D eigenvalue weighted by molar-refractivity contribution is 9.10. The number of carbonyl (C=O) groups excluding carboxylic acids is 1. The SMILES string of the molecule is Cc1nc(C)c([C@H](OC(C)(C)C)C(=O)OC(C)C)c(N2CCC(C3CC3)C2)c1Br. The monoisotopic (exact) mass is 466 g/mol. The summed E-state index contributed by atoms with van der Waals surface area (Å²) in [6.45, 7) is 15.6. The van der Waals surface area contributed by atoms with Crippen molar-refractivity contribution in [2.24, 2.45) is 11.8 Å². The molecule has 1 aliphatic carbocycles. The molecule has 3 rings (SSSR count). The van der Waals surface area contributed by atoms with Crippen molar-refractivity contribution in [1.29, 1.82) is 0 Å². The van der Waals surface area contributed by atoms with E-state index in [-0.39, 0.29) is 12.1 Å². The molecular weight excluding hydrogens is 432 g/mol. The van der Waals surface area contributed by atoms with Gasteiger partial charge in [0.1, 0.15) is 0 Å². The zero-order chi connectivity index (χ0) is 21.5. The molecule has 1 aromatic heterocycles. The fraction of sp³-hybridized carbons (Fsp3) is 0.739. The van der Waals surface area contributed by atoms with Crippen LogP contribution in [0.3, 0.4) is 0 Å². The van der Waals surface area contributed by atoms with E-state index >= 15 is 0 Å². The lowest BCUT2D eigenvalue weighted by Gasteiger charge is -2.32. The minimum Gasteiger partial charge on any atom is -0.461 e. The van der Waals surface area contributed by atoms with Crippen LogP contribution in [0.4, 0.5) is 5.69 Å². The summed E-state index contributed by atoms with van der Waals surface area (Å²) in [4.78, 5) is 20.3. The molecule has 0 N–H and O–H groups in total. The number of ether oxygens (including phenoxy) is 2. The average Bonchev–Trinajstić information content (AvgIpc) is 3.32. The Bertz CT molecular complexity index is 768. The number of hydrogen-bond acceptors (Lipinski definition) is 5. The molecule has 1 saturated carbocycles. The molecule has 0 amide bonds. The first-order chi connectivity index (χ1) is 13.5. The molecular formula is C23H35BrN2O3. The van der Waals surface area contributed by atoms with Gasteiger partial charge in [-0.15, -0.1) is 0 Å². The van der Waals surface area contributed by atoms with Gasteiger partial charge in [-0.1, -0.05) is 0 Å². The van der Waals surface area contributed by atoms with Crippen LogP contribution in [0, 0.1) is 25.7 Å². The van der Waals surface area contributed by atoms with E-state index in [1.54, 1.807) is 0 Å². The van der Waals surface area contributed by atoms with Gasteiger partial charge in [0.05, 0.1) is 27.6 Å². The van der Waals surface area contributed by atoms with E-state index in [1.807, 2.05) is 48.5 Å². The number of aromatic nitrogens is 1. The second-order valence-electron chi connectivity index (χ2n) is 9.79. The smallest absolute Gasteiger partial charge is 0.340 e. The van der Waals surface area contributed by atoms with Crippen molar-refractivity contribution < 1.29 is 14.3 Å². The minimum atomic E-state index is -0.809. The normalized spacial score (nSPS) is 21.0. The molecule has 0 radical (unpaired) electrons. The molecule has 5 nitrogen and oxygen atoms in total. The van der Waals surface area contributed by atoms with Gasteiger partial charge in [0.25, 0.3) is 0 Å². The van der Waals surface area contributed by atoms with Gasteiger partial charge in [0.15, 0.2) is 6.10 Å². The first kappa shape index (κ1) is 22.5. The fourth-order valence-electron chi connectivity index (χ4n) is 4.26. The highest BCUT2D eigenvalue weighted by Crippen LogP contribution is 2.46. The third kappa shape index (κ3) is 5.32. The summed E-state index contributed by atoms with van der Waals surface area (Å²) in [6.07, 6.45) is 2.91. The molecule has 0 aromatic carbocycles. The van der Waals surface area contributed by atoms with Crippen LogP contribution in [0.1, 0.15) is 76.9 Å². The summed E-state index contributed by atoms with van der Waals surface area (Å²) in [6, 6.07) is 0. The van der Waals surface area contributed by atoms with Crippen LogP contribution in [0.5, 0.6) is 0 Å². The largest absolute Gasteiger partial charge is 0.461 e. The van der Waals surface area contributed by atoms with Crippen molar-refractivity contribution in [2.75, 3.05) is 18.0 Å². The molecule has 0 bridgehead atoms. The highest BCUT2D eigenvalue weighted by atomic mass is 79.9. The Labute approximate surface area is 183 Å². The summed E-state index contributed by atoms with van der Waals surface area (Å²) in [5.74, 6) is 1.27. The van der Waals surface area contributed by atoms with Crippen molar-refractivity contribution in [3.05, 3.63) is 21.4 Å². The number of pyridine rings is 1. The Kier molecular flexibility index (Phi) is 6.64. The number of esters is 1. The predicted molar refractivity (Wildman–Crippen MR) is 119 cm³/mol. The minimum absolute atomic E-state index is 0.204. The van der Waals surface area contributed by atoms with Crippen LogP contribution in [-0.4, -0.2) is 35.7 Å². The summed E-state index contributed by atoms with van der Waals surface area (Å²) >= 11 is 3.78. The molecule has 1 aromatic rings. The lowest BCUT2D eigenvalue weighted by atomic mass is 10.0. The number of hydrogen-bond donors (Lipinski definition) is 0. The number of halogens is 1. The molecule has 2 aliphatic rings. The van der Waals surface area contributed by atoms with Gasteiger partial charge in [-0.05, 0) is 95.5 Å². The van der Waals surface area contributed by atoms with Crippen LogP contribution in [-0.2, 0) is 14.3 Å². The third-order valence-electron chi connectivity index (χ3n) is 5.64. The topological polar surface area (TPSA) is 51.7 Å². The van der Waals surface area contributed by atoms with Gasteiger partial charge in [-0.25, -0.2) is 4.79 Å². The number of aryl methyl sites for hydroxylation is 2. The lowest BCUT2D eigenvalue weighted by Crippen LogP contribution is -2.33. The fourth-order valence-corrected chi connectivity index (χ4v) is 4.81. The Morgan fingerprint density at radius 1 is 1.14 bits per heavy atom. The maximum absolute atomic E-state index is 13.1. The van der Waals surface area contributed by atoms with Crippen LogP contribution < -0.4 is 4.90 Å². The Balaban J connectivity index is 2.06. The first-order valence-electron chi connectivity index (χ1n) is 10.8. The number of nitrogens with zero attached hydrogens (tertiary/aromatic N) is 2. The summed E-state index contributed by atoms with van der Waals surface area (Å²) in [7, 11) is 0. The van der Waals surface area contributed by atoms with Crippen molar-refractivity contribution in [3.8, 4) is 0 Å². The quantitative estimate of drug-likeness (QED) is 0.517. The van der Waals surface area contributed by atoms with Crippen molar-refractivity contribution in [3.63, 3.8) is 0 Å². The summed E-state index contributed by atoms with van der Waals surface area (Å²) < 4.78 is 12.8. The summed E-state index contributed by atoms with van der Waals surface area (Å²) in [5, 5.41) is 0. The standard InChI is InChI=1S/C23H35BrN2O3/c1-13(2)28-22(27)21(29-23(5,6)7)18-14(3)25-15(4)19(24)20(18)26-11-10-17(12-26)16-8-9-16/h13,16-17,21H,8-12H2,1-7H3/t17?,21-/m0/s1. The molecule has 29 heavy (non-hydrogen) atoms. The van der Waals surface area contributed by atoms with E-state index in [2.05, 4.69) is 20.8 Å². The van der Waals surface area contributed by atoms with Crippen molar-refractivity contribution in [2.45, 2.75) is 85.5 Å². The van der Waals surface area contributed by atoms with E-state index in [4.69, 9.17) is 14.5 Å². The highest BCUT2D eigenvalue weighted by Gasteiger charge is 2.40. The summed E-state index contributed by atoms with van der Waals surface area (Å²) in [5.41, 5.74) is 3.14. The molecule has 1 unspecified atom stereocenters. The van der Waals surface area contributed by atoms with Crippen molar-refractivity contribution in [1.82, 2.24) is 4.98 Å². The number of anilines is 1. The van der Waals surface area contributed by atoms with Gasteiger partial charge in [0.2, 0.25) is 0 Å². The van der Waals surface area contributed by atoms with Gasteiger partial charge in [0, 0.05) is 24.3 Å². The maximum Gasteiger partial charge on any atom is 0.340 e. The first-order valence-corrected chi connectivity index (χ1v) is 11.6. The molecule has 1 aliphatic heterocycles. The lowest BCUT2D eigenvalue weighted by molar-refractivity contribution is -0.171. The molecule has 1 saturated heterocycles. The van der Waals surface area contributed by atoms with E-state index in [1.165, 1.54) is 19.3 Å². The van der Waals surface area contributed by atoms with Crippen LogP contribution in [0.15, 0.2) is 4.47 Å². The van der Waals surface area contributed by atoms with Gasteiger partial charge in [-0.3, -0.25) is 4.98 Å². The number of carbonyl (C=O) groups is 1. The predicted octanol–water partition coefficient (Wildman–Crippen LogP) is 5.51. The van der Waals surface area contributed by atoms with E-state index in [0.29, 0.717) is 0 Å². The second-order valence-corrected chi connectivity index (χ2v) is 10.6. The van der Waals surface area contributed by atoms with Crippen LogP contribution >= 0.6 is 15.9 Å². The van der Waals surface area contributed by atoms with E-state index in [9.17, 15) is 4.79 Å². The molecule has 0 spiro atoms. The van der Waals surface area contributed by atoms with Gasteiger partial charge in [-0.2, -0.15) is 0 Å². The Hall–Kier alpha value is -1.14. The molecule has 6 heteroatoms. The molecule has 2 fully saturated rings. The molecule has 2 heterocycles. The molecule has 2 atom stereocenters. The second kappa shape index (κ2) is 8.54. The third-order valence-corrected chi connectivity index (χ3v) is 6.58. The average molecular weight is 467 g/mol. The van der Waals surface area contributed by atoms with E-state index < -0.39 is 11.7 Å². The van der Waals surface area contributed by atoms with Crippen molar-refractivity contribution >= 4 is 27.6 Å². The Morgan fingerprint density at radius 2 is 1.79 bits per heavy atom. The zero-order valence-corrected chi connectivity index (χ0v) is 20.4. The molecule has 162 valence electrons. The maximum atomic E-state index is 13.1. The van der Waals surface area contributed by atoms with E-state index in [0.717, 1.165) is 52.0 Å². The Morgan fingerprint density at radius 3 is 2.34 bits per heavy atom. The van der Waals surface area contributed by atoms with Gasteiger partial charge < -0.3 is 14.4 Å². The van der Waals surface area contributed by atoms with Gasteiger partial charge >= 0.3 is 5.97 Å². The van der Waals surface area contributed by atoms with Crippen LogP contribution in [0.2, 0.25) is 0 Å². The van der Waals surface area contributed by atoms with Crippen LogP contribution in [0.25, 0.3) is 0 Å². The number of rotatable bonds is 6. The zero-order valence-electron chi connectivity index (χ0n) is 18.8.